The normalized spacial score (nSPS) is 12.8. The summed E-state index contributed by atoms with van der Waals surface area (Å²) in [6, 6.07) is 10.5. The van der Waals surface area contributed by atoms with Gasteiger partial charge in [0, 0.05) is 6.61 Å². The molecule has 0 aliphatic rings. The Kier molecular flexibility index (Phi) is 4.55. The summed E-state index contributed by atoms with van der Waals surface area (Å²) in [5, 5.41) is 8.92. The van der Waals surface area contributed by atoms with Crippen molar-refractivity contribution in [3.8, 4) is 0 Å². The summed E-state index contributed by atoms with van der Waals surface area (Å²) in [7, 11) is 0. The summed E-state index contributed by atoms with van der Waals surface area (Å²) >= 11 is 0. The molecule has 1 rings (SSSR count). The highest BCUT2D eigenvalue weighted by atomic mass is 16.3. The molecule has 0 aliphatic heterocycles. The number of hydrogen-bond acceptors (Lipinski definition) is 1. The fourth-order valence-corrected chi connectivity index (χ4v) is 1.71. The van der Waals surface area contributed by atoms with Crippen LogP contribution in [-0.2, 0) is 0 Å². The van der Waals surface area contributed by atoms with Crippen LogP contribution in [0.15, 0.2) is 30.3 Å². The van der Waals surface area contributed by atoms with Crippen LogP contribution in [0.5, 0.6) is 0 Å². The van der Waals surface area contributed by atoms with Gasteiger partial charge in [0.05, 0.1) is 0 Å². The van der Waals surface area contributed by atoms with Crippen molar-refractivity contribution < 1.29 is 5.11 Å². The van der Waals surface area contributed by atoms with Crippen molar-refractivity contribution in [2.45, 2.75) is 32.1 Å². The smallest absolute Gasteiger partial charge is 0.0436 e. The lowest BCUT2D eigenvalue weighted by atomic mass is 9.92. The van der Waals surface area contributed by atoms with Crippen molar-refractivity contribution in [2.24, 2.45) is 0 Å². The van der Waals surface area contributed by atoms with E-state index < -0.39 is 0 Å². The third kappa shape index (κ3) is 3.19. The molecule has 1 heteroatoms. The second-order valence-electron chi connectivity index (χ2n) is 3.41. The topological polar surface area (TPSA) is 20.2 Å². The molecule has 0 spiro atoms. The van der Waals surface area contributed by atoms with Gasteiger partial charge in [-0.15, -0.1) is 0 Å². The van der Waals surface area contributed by atoms with E-state index >= 15 is 0 Å². The zero-order valence-electron chi connectivity index (χ0n) is 8.24. The third-order valence-electron chi connectivity index (χ3n) is 2.39. The Hall–Kier alpha value is -0.820. The first-order valence-electron chi connectivity index (χ1n) is 5.04. The van der Waals surface area contributed by atoms with Gasteiger partial charge < -0.3 is 5.11 Å². The maximum atomic E-state index is 8.92. The van der Waals surface area contributed by atoms with Gasteiger partial charge in [0.15, 0.2) is 0 Å². The minimum Gasteiger partial charge on any atom is -0.396 e. The molecule has 0 radical (unpaired) electrons. The number of benzene rings is 1. The van der Waals surface area contributed by atoms with Gasteiger partial charge in [0.2, 0.25) is 0 Å². The van der Waals surface area contributed by atoms with Crippen LogP contribution in [0.25, 0.3) is 0 Å². The molecule has 1 N–H and O–H groups in total. The number of aliphatic hydroxyl groups is 1. The highest BCUT2D eigenvalue weighted by Crippen LogP contribution is 2.23. The van der Waals surface area contributed by atoms with E-state index in [2.05, 4.69) is 31.2 Å². The number of hydrogen-bond donors (Lipinski definition) is 1. The van der Waals surface area contributed by atoms with Gasteiger partial charge in [-0.3, -0.25) is 0 Å². The van der Waals surface area contributed by atoms with Gasteiger partial charge in [-0.25, -0.2) is 0 Å². The highest BCUT2D eigenvalue weighted by Gasteiger charge is 2.08. The fourth-order valence-electron chi connectivity index (χ4n) is 1.71. The quantitative estimate of drug-likeness (QED) is 0.735. The third-order valence-corrected chi connectivity index (χ3v) is 2.39. The van der Waals surface area contributed by atoms with Crippen LogP contribution in [0.4, 0.5) is 0 Å². The van der Waals surface area contributed by atoms with Crippen LogP contribution >= 0.6 is 0 Å². The van der Waals surface area contributed by atoms with E-state index in [9.17, 15) is 0 Å². The van der Waals surface area contributed by atoms with E-state index in [1.165, 1.54) is 18.4 Å². The maximum Gasteiger partial charge on any atom is 0.0436 e. The SMILES string of the molecule is CCC[C@@H](CCO)c1ccccc1. The summed E-state index contributed by atoms with van der Waals surface area (Å²) in [5.74, 6) is 0.538. The van der Waals surface area contributed by atoms with Crippen molar-refractivity contribution in [1.29, 1.82) is 0 Å². The maximum absolute atomic E-state index is 8.92. The Bertz CT molecular complexity index is 212. The van der Waals surface area contributed by atoms with Crippen LogP contribution in [0.1, 0.15) is 37.7 Å². The zero-order valence-corrected chi connectivity index (χ0v) is 8.24. The first kappa shape index (κ1) is 10.3. The first-order valence-corrected chi connectivity index (χ1v) is 5.04. The summed E-state index contributed by atoms with van der Waals surface area (Å²) in [6.07, 6.45) is 3.24. The summed E-state index contributed by atoms with van der Waals surface area (Å²) < 4.78 is 0. The van der Waals surface area contributed by atoms with Crippen LogP contribution in [0.3, 0.4) is 0 Å². The van der Waals surface area contributed by atoms with Crippen LogP contribution in [0.2, 0.25) is 0 Å². The van der Waals surface area contributed by atoms with Gasteiger partial charge in [0.1, 0.15) is 0 Å². The second kappa shape index (κ2) is 5.76. The Morgan fingerprint density at radius 3 is 2.38 bits per heavy atom. The van der Waals surface area contributed by atoms with E-state index in [0.717, 1.165) is 6.42 Å². The van der Waals surface area contributed by atoms with Gasteiger partial charge in [0.25, 0.3) is 0 Å². The summed E-state index contributed by atoms with van der Waals surface area (Å²) in [4.78, 5) is 0. The summed E-state index contributed by atoms with van der Waals surface area (Å²) in [6.45, 7) is 2.48. The Labute approximate surface area is 80.4 Å². The Morgan fingerprint density at radius 2 is 1.85 bits per heavy atom. The van der Waals surface area contributed by atoms with Crippen LogP contribution < -0.4 is 0 Å². The molecule has 0 fully saturated rings. The second-order valence-corrected chi connectivity index (χ2v) is 3.41. The lowest BCUT2D eigenvalue weighted by molar-refractivity contribution is 0.272. The molecule has 0 bridgehead atoms. The van der Waals surface area contributed by atoms with Crippen molar-refractivity contribution in [3.05, 3.63) is 35.9 Å². The van der Waals surface area contributed by atoms with Crippen LogP contribution in [0, 0.1) is 0 Å². The molecular weight excluding hydrogens is 160 g/mol. The molecule has 1 aromatic rings. The van der Waals surface area contributed by atoms with E-state index in [0.29, 0.717) is 12.5 Å². The van der Waals surface area contributed by atoms with Gasteiger partial charge in [-0.2, -0.15) is 0 Å². The molecule has 0 aliphatic carbocycles. The van der Waals surface area contributed by atoms with E-state index in [1.54, 1.807) is 0 Å². The van der Waals surface area contributed by atoms with Gasteiger partial charge >= 0.3 is 0 Å². The highest BCUT2D eigenvalue weighted by molar-refractivity contribution is 5.19. The molecule has 1 aromatic carbocycles. The van der Waals surface area contributed by atoms with Crippen molar-refractivity contribution >= 4 is 0 Å². The van der Waals surface area contributed by atoms with Crippen molar-refractivity contribution in [3.63, 3.8) is 0 Å². The molecular formula is C12H18O. The van der Waals surface area contributed by atoms with Gasteiger partial charge in [-0.1, -0.05) is 43.7 Å². The summed E-state index contributed by atoms with van der Waals surface area (Å²) in [5.41, 5.74) is 1.36. The fraction of sp³-hybridized carbons (Fsp3) is 0.500. The largest absolute Gasteiger partial charge is 0.396 e. The molecule has 72 valence electrons. The standard InChI is InChI=1S/C12H18O/c1-2-6-11(9-10-13)12-7-4-3-5-8-12/h3-5,7-8,11,13H,2,6,9-10H2,1H3/t11-/m0/s1. The number of aliphatic hydroxyl groups excluding tert-OH is 1. The Morgan fingerprint density at radius 1 is 1.15 bits per heavy atom. The van der Waals surface area contributed by atoms with E-state index in [4.69, 9.17) is 5.11 Å². The lowest BCUT2D eigenvalue weighted by Gasteiger charge is -2.14. The molecule has 1 nitrogen and oxygen atoms in total. The van der Waals surface area contributed by atoms with E-state index in [1.807, 2.05) is 6.07 Å². The zero-order chi connectivity index (χ0) is 9.52. The van der Waals surface area contributed by atoms with E-state index in [-0.39, 0.29) is 0 Å². The monoisotopic (exact) mass is 178 g/mol. The molecule has 1 atom stereocenters. The Balaban J connectivity index is 2.64. The molecule has 13 heavy (non-hydrogen) atoms. The predicted molar refractivity (Wildman–Crippen MR) is 55.8 cm³/mol. The molecule has 0 amide bonds. The lowest BCUT2D eigenvalue weighted by Crippen LogP contribution is -2.00. The van der Waals surface area contributed by atoms with Crippen molar-refractivity contribution in [2.75, 3.05) is 6.61 Å². The molecule has 0 unspecified atom stereocenters. The molecule has 0 saturated carbocycles. The van der Waals surface area contributed by atoms with Crippen molar-refractivity contribution in [1.82, 2.24) is 0 Å². The molecule has 0 aromatic heterocycles. The average Bonchev–Trinajstić information content (AvgIpc) is 2.19. The predicted octanol–water partition coefficient (Wildman–Crippen LogP) is 2.95. The average molecular weight is 178 g/mol. The minimum absolute atomic E-state index is 0.291. The minimum atomic E-state index is 0.291. The molecule has 0 saturated heterocycles. The van der Waals surface area contributed by atoms with Crippen LogP contribution in [-0.4, -0.2) is 11.7 Å². The molecule has 0 heterocycles. The van der Waals surface area contributed by atoms with Gasteiger partial charge in [-0.05, 0) is 24.3 Å². The number of rotatable bonds is 5. The first-order chi connectivity index (χ1) is 6.38.